The van der Waals surface area contributed by atoms with Crippen molar-refractivity contribution < 1.29 is 14.3 Å². The second-order valence-corrected chi connectivity index (χ2v) is 4.59. The van der Waals surface area contributed by atoms with Crippen LogP contribution in [-0.2, 0) is 6.54 Å². The molecule has 0 radical (unpaired) electrons. The predicted molar refractivity (Wildman–Crippen MR) is 72.9 cm³/mol. The fourth-order valence-electron chi connectivity index (χ4n) is 1.68. The van der Waals surface area contributed by atoms with Crippen molar-refractivity contribution in [2.24, 2.45) is 0 Å². The molecule has 0 unspecified atom stereocenters. The Balaban J connectivity index is 2.04. The lowest BCUT2D eigenvalue weighted by Gasteiger charge is -2.07. The summed E-state index contributed by atoms with van der Waals surface area (Å²) in [7, 11) is 0. The van der Waals surface area contributed by atoms with E-state index in [2.05, 4.69) is 10.3 Å². The molecule has 4 nitrogen and oxygen atoms in total. The summed E-state index contributed by atoms with van der Waals surface area (Å²) in [6.07, 6.45) is 1.39. The Kier molecular flexibility index (Phi) is 3.98. The number of carbonyl (C=O) groups is 1. The summed E-state index contributed by atoms with van der Waals surface area (Å²) in [5, 5.41) is 12.2. The molecule has 20 heavy (non-hydrogen) atoms. The van der Waals surface area contributed by atoms with Crippen molar-refractivity contribution in [1.82, 2.24) is 10.3 Å². The Morgan fingerprint density at radius 1 is 1.35 bits per heavy atom. The number of pyridine rings is 1. The van der Waals surface area contributed by atoms with Crippen molar-refractivity contribution in [3.8, 4) is 5.75 Å². The first-order valence-electron chi connectivity index (χ1n) is 6.16. The van der Waals surface area contributed by atoms with Gasteiger partial charge in [-0.3, -0.25) is 9.78 Å². The Bertz CT molecular complexity index is 656. The number of aromatic hydroxyl groups is 1. The third kappa shape index (κ3) is 3.12. The zero-order chi connectivity index (χ0) is 14.7. The van der Waals surface area contributed by atoms with E-state index >= 15 is 0 Å². The van der Waals surface area contributed by atoms with Gasteiger partial charge in [0.05, 0.1) is 11.3 Å². The minimum atomic E-state index is -0.367. The highest BCUT2D eigenvalue weighted by molar-refractivity contribution is 5.94. The highest BCUT2D eigenvalue weighted by Gasteiger charge is 2.09. The first-order chi connectivity index (χ1) is 9.47. The summed E-state index contributed by atoms with van der Waals surface area (Å²) in [5.74, 6) is -0.695. The summed E-state index contributed by atoms with van der Waals surface area (Å²) in [4.78, 5) is 15.8. The van der Waals surface area contributed by atoms with Crippen LogP contribution in [0.5, 0.6) is 5.75 Å². The van der Waals surface area contributed by atoms with E-state index in [4.69, 9.17) is 0 Å². The average molecular weight is 274 g/mol. The molecule has 0 atom stereocenters. The summed E-state index contributed by atoms with van der Waals surface area (Å²) in [5.41, 5.74) is 1.96. The molecule has 1 aromatic heterocycles. The molecule has 0 bridgehead atoms. The quantitative estimate of drug-likeness (QED) is 0.903. The zero-order valence-corrected chi connectivity index (χ0v) is 11.3. The molecule has 0 fully saturated rings. The van der Waals surface area contributed by atoms with Gasteiger partial charge in [0.2, 0.25) is 0 Å². The first kappa shape index (κ1) is 14.0. The van der Waals surface area contributed by atoms with Gasteiger partial charge >= 0.3 is 0 Å². The number of rotatable bonds is 3. The van der Waals surface area contributed by atoms with Crippen LogP contribution in [0.1, 0.15) is 27.2 Å². The maximum Gasteiger partial charge on any atom is 0.253 e. The molecule has 1 heterocycles. The lowest BCUT2D eigenvalue weighted by Crippen LogP contribution is -2.23. The maximum absolute atomic E-state index is 13.4. The molecular weight excluding hydrogens is 259 g/mol. The van der Waals surface area contributed by atoms with Gasteiger partial charge in [-0.05, 0) is 37.1 Å². The normalized spacial score (nSPS) is 10.3. The number of hydrogen-bond donors (Lipinski definition) is 2. The molecule has 0 aliphatic rings. The van der Waals surface area contributed by atoms with E-state index < -0.39 is 0 Å². The number of halogens is 1. The summed E-state index contributed by atoms with van der Waals surface area (Å²) in [6, 6.07) is 6.16. The topological polar surface area (TPSA) is 62.2 Å². The lowest BCUT2D eigenvalue weighted by atomic mass is 10.1. The van der Waals surface area contributed by atoms with Crippen molar-refractivity contribution in [3.63, 3.8) is 0 Å². The van der Waals surface area contributed by atoms with Crippen molar-refractivity contribution in [2.75, 3.05) is 0 Å². The molecule has 0 aliphatic heterocycles. The largest absolute Gasteiger partial charge is 0.506 e. The zero-order valence-electron chi connectivity index (χ0n) is 11.3. The van der Waals surface area contributed by atoms with Crippen LogP contribution in [-0.4, -0.2) is 16.0 Å². The Hall–Kier alpha value is -2.43. The first-order valence-corrected chi connectivity index (χ1v) is 6.16. The van der Waals surface area contributed by atoms with Crippen LogP contribution >= 0.6 is 0 Å². The van der Waals surface area contributed by atoms with Crippen LogP contribution < -0.4 is 5.32 Å². The van der Waals surface area contributed by atoms with E-state index in [1.165, 1.54) is 18.3 Å². The summed E-state index contributed by atoms with van der Waals surface area (Å²) < 4.78 is 13.4. The molecule has 0 saturated heterocycles. The number of nitrogens with one attached hydrogen (secondary N) is 1. The van der Waals surface area contributed by atoms with Crippen molar-refractivity contribution in [1.29, 1.82) is 0 Å². The fraction of sp³-hybridized carbons (Fsp3) is 0.200. The van der Waals surface area contributed by atoms with E-state index in [1.54, 1.807) is 26.0 Å². The molecular formula is C15H15FN2O2. The Morgan fingerprint density at radius 2 is 2.10 bits per heavy atom. The molecule has 2 aromatic rings. The summed E-state index contributed by atoms with van der Waals surface area (Å²) in [6.45, 7) is 3.54. The van der Waals surface area contributed by atoms with Crippen molar-refractivity contribution in [3.05, 3.63) is 58.7 Å². The van der Waals surface area contributed by atoms with E-state index in [0.717, 1.165) is 0 Å². The third-order valence-corrected chi connectivity index (χ3v) is 3.01. The Morgan fingerprint density at radius 3 is 2.75 bits per heavy atom. The second-order valence-electron chi connectivity index (χ2n) is 4.59. The molecule has 1 amide bonds. The van der Waals surface area contributed by atoms with Gasteiger partial charge in [0.25, 0.3) is 5.91 Å². The number of hydrogen-bond acceptors (Lipinski definition) is 3. The van der Waals surface area contributed by atoms with Gasteiger partial charge in [0.1, 0.15) is 11.6 Å². The van der Waals surface area contributed by atoms with Crippen LogP contribution in [0.4, 0.5) is 4.39 Å². The average Bonchev–Trinajstić information content (AvgIpc) is 2.43. The van der Waals surface area contributed by atoms with Gasteiger partial charge in [-0.2, -0.15) is 0 Å². The van der Waals surface area contributed by atoms with E-state index in [-0.39, 0.29) is 29.6 Å². The van der Waals surface area contributed by atoms with Gasteiger partial charge in [0, 0.05) is 12.7 Å². The maximum atomic E-state index is 13.4. The molecule has 2 rings (SSSR count). The molecule has 2 N–H and O–H groups in total. The van der Waals surface area contributed by atoms with Crippen LogP contribution in [0, 0.1) is 19.7 Å². The minimum absolute atomic E-state index is 0.0287. The van der Waals surface area contributed by atoms with E-state index in [9.17, 15) is 14.3 Å². The van der Waals surface area contributed by atoms with Crippen LogP contribution in [0.2, 0.25) is 0 Å². The number of amides is 1. The van der Waals surface area contributed by atoms with Crippen LogP contribution in [0.25, 0.3) is 0 Å². The highest BCUT2D eigenvalue weighted by atomic mass is 19.1. The second kappa shape index (κ2) is 5.69. The van der Waals surface area contributed by atoms with E-state index in [1.807, 2.05) is 0 Å². The number of benzene rings is 1. The molecule has 5 heteroatoms. The number of aryl methyl sites for hydroxylation is 2. The van der Waals surface area contributed by atoms with Gasteiger partial charge in [-0.15, -0.1) is 0 Å². The van der Waals surface area contributed by atoms with Gasteiger partial charge < -0.3 is 10.4 Å². The van der Waals surface area contributed by atoms with Gasteiger partial charge in [-0.25, -0.2) is 4.39 Å². The van der Waals surface area contributed by atoms with Crippen molar-refractivity contribution >= 4 is 5.91 Å². The molecule has 104 valence electrons. The summed E-state index contributed by atoms with van der Waals surface area (Å²) >= 11 is 0. The lowest BCUT2D eigenvalue weighted by molar-refractivity contribution is 0.0950. The predicted octanol–water partition coefficient (Wildman–Crippen LogP) is 2.47. The van der Waals surface area contributed by atoms with Gasteiger partial charge in [0.15, 0.2) is 0 Å². The smallest absolute Gasteiger partial charge is 0.253 e. The standard InChI is InChI=1S/C15H15FN2O2/c1-9-3-4-11(5-13(9)16)7-18-15(20)12-6-14(19)10(2)17-8-12/h3-6,8,19H,7H2,1-2H3,(H,18,20). The minimum Gasteiger partial charge on any atom is -0.506 e. The molecule has 0 spiro atoms. The monoisotopic (exact) mass is 274 g/mol. The molecule has 0 aliphatic carbocycles. The fourth-order valence-corrected chi connectivity index (χ4v) is 1.68. The molecule has 1 aromatic carbocycles. The Labute approximate surface area is 116 Å². The SMILES string of the molecule is Cc1ccc(CNC(=O)c2cnc(C)c(O)c2)cc1F. The highest BCUT2D eigenvalue weighted by Crippen LogP contribution is 2.14. The van der Waals surface area contributed by atoms with E-state index in [0.29, 0.717) is 16.8 Å². The molecule has 0 saturated carbocycles. The number of carbonyl (C=O) groups excluding carboxylic acids is 1. The van der Waals surface area contributed by atoms with Gasteiger partial charge in [-0.1, -0.05) is 12.1 Å². The third-order valence-electron chi connectivity index (χ3n) is 3.01. The number of nitrogens with zero attached hydrogens (tertiary/aromatic N) is 1. The van der Waals surface area contributed by atoms with Crippen LogP contribution in [0.3, 0.4) is 0 Å². The number of aromatic nitrogens is 1. The van der Waals surface area contributed by atoms with Crippen LogP contribution in [0.15, 0.2) is 30.5 Å². The van der Waals surface area contributed by atoms with Crippen molar-refractivity contribution in [2.45, 2.75) is 20.4 Å².